The zero-order valence-electron chi connectivity index (χ0n) is 11.8. The quantitative estimate of drug-likeness (QED) is 0.550. The van der Waals surface area contributed by atoms with Gasteiger partial charge >= 0.3 is 0 Å². The highest BCUT2D eigenvalue weighted by molar-refractivity contribution is 14.1. The molecule has 2 aromatic rings. The number of benzene rings is 2. The van der Waals surface area contributed by atoms with Crippen molar-refractivity contribution in [3.8, 4) is 0 Å². The summed E-state index contributed by atoms with van der Waals surface area (Å²) >= 11 is 7.72. The predicted molar refractivity (Wildman–Crippen MR) is 99.7 cm³/mol. The second kappa shape index (κ2) is 6.54. The number of hydrogen-bond donors (Lipinski definition) is 2. The van der Waals surface area contributed by atoms with Crippen LogP contribution in [0.15, 0.2) is 36.4 Å². The van der Waals surface area contributed by atoms with E-state index >= 15 is 0 Å². The van der Waals surface area contributed by atoms with Crippen LogP contribution in [0.4, 0.5) is 11.4 Å². The van der Waals surface area contributed by atoms with E-state index in [4.69, 9.17) is 12.2 Å². The van der Waals surface area contributed by atoms with E-state index in [1.54, 1.807) is 0 Å². The molecule has 0 aromatic heterocycles. The van der Waals surface area contributed by atoms with E-state index in [-0.39, 0.29) is 0 Å². The molecule has 4 heteroatoms. The highest BCUT2D eigenvalue weighted by Gasteiger charge is 2.05. The fraction of sp³-hybridized carbons (Fsp3) is 0.188. The number of aryl methyl sites for hydroxylation is 3. The SMILES string of the molecule is Cc1cc(NC(=S)Nc2c(C)cccc2C)ccc1I. The minimum absolute atomic E-state index is 0.614. The molecular formula is C16H17IN2S. The number of anilines is 2. The fourth-order valence-electron chi connectivity index (χ4n) is 2.01. The summed E-state index contributed by atoms with van der Waals surface area (Å²) in [7, 11) is 0. The molecule has 0 aliphatic heterocycles. The number of hydrogen-bond acceptors (Lipinski definition) is 1. The van der Waals surface area contributed by atoms with Gasteiger partial charge in [0.15, 0.2) is 5.11 Å². The summed E-state index contributed by atoms with van der Waals surface area (Å²) in [5.74, 6) is 0. The van der Waals surface area contributed by atoms with Crippen LogP contribution in [0.3, 0.4) is 0 Å². The third-order valence-electron chi connectivity index (χ3n) is 3.14. The van der Waals surface area contributed by atoms with Crippen molar-refractivity contribution in [1.29, 1.82) is 0 Å². The number of rotatable bonds is 2. The lowest BCUT2D eigenvalue weighted by atomic mass is 10.1. The largest absolute Gasteiger partial charge is 0.332 e. The van der Waals surface area contributed by atoms with Crippen LogP contribution in [0.25, 0.3) is 0 Å². The van der Waals surface area contributed by atoms with Crippen LogP contribution in [0.1, 0.15) is 16.7 Å². The summed E-state index contributed by atoms with van der Waals surface area (Å²) in [6.07, 6.45) is 0. The first-order chi connectivity index (χ1) is 9.47. The minimum atomic E-state index is 0.614. The van der Waals surface area contributed by atoms with Gasteiger partial charge in [-0.05, 0) is 90.5 Å². The van der Waals surface area contributed by atoms with Crippen LogP contribution in [-0.2, 0) is 0 Å². The standard InChI is InChI=1S/C16H17IN2S/c1-10-5-4-6-11(2)15(10)19-16(20)18-13-7-8-14(17)12(3)9-13/h4-9H,1-3H3,(H2,18,19,20). The maximum absolute atomic E-state index is 5.39. The normalized spacial score (nSPS) is 10.2. The van der Waals surface area contributed by atoms with Gasteiger partial charge in [0.25, 0.3) is 0 Å². The molecule has 0 fully saturated rings. The van der Waals surface area contributed by atoms with Gasteiger partial charge in [-0.15, -0.1) is 0 Å². The highest BCUT2D eigenvalue weighted by Crippen LogP contribution is 2.21. The second-order valence-electron chi connectivity index (χ2n) is 4.81. The maximum Gasteiger partial charge on any atom is 0.175 e. The molecule has 2 aromatic carbocycles. The summed E-state index contributed by atoms with van der Waals surface area (Å²) in [4.78, 5) is 0. The first-order valence-corrected chi connectivity index (χ1v) is 7.86. The third kappa shape index (κ3) is 3.70. The Balaban J connectivity index is 2.11. The molecule has 0 aliphatic carbocycles. The molecule has 2 nitrogen and oxygen atoms in total. The minimum Gasteiger partial charge on any atom is -0.332 e. The Hall–Kier alpha value is -1.14. The van der Waals surface area contributed by atoms with E-state index < -0.39 is 0 Å². The number of thiocarbonyl (C=S) groups is 1. The van der Waals surface area contributed by atoms with Gasteiger partial charge in [0.05, 0.1) is 0 Å². The van der Waals surface area contributed by atoms with Crippen LogP contribution in [0.2, 0.25) is 0 Å². The molecule has 0 spiro atoms. The van der Waals surface area contributed by atoms with Crippen LogP contribution in [0, 0.1) is 24.3 Å². The molecule has 0 atom stereocenters. The number of para-hydroxylation sites is 1. The number of nitrogens with one attached hydrogen (secondary N) is 2. The summed E-state index contributed by atoms with van der Waals surface area (Å²) in [6, 6.07) is 12.4. The molecule has 2 N–H and O–H groups in total. The van der Waals surface area contributed by atoms with E-state index in [0.29, 0.717) is 5.11 Å². The molecular weight excluding hydrogens is 379 g/mol. The predicted octanol–water partition coefficient (Wildman–Crippen LogP) is 5.03. The van der Waals surface area contributed by atoms with E-state index in [9.17, 15) is 0 Å². The molecule has 20 heavy (non-hydrogen) atoms. The Bertz CT molecular complexity index is 633. The van der Waals surface area contributed by atoms with Crippen molar-refractivity contribution >= 4 is 51.3 Å². The summed E-state index contributed by atoms with van der Waals surface area (Å²) < 4.78 is 1.25. The van der Waals surface area contributed by atoms with Crippen LogP contribution >= 0.6 is 34.8 Å². The molecule has 0 heterocycles. The first-order valence-electron chi connectivity index (χ1n) is 6.38. The van der Waals surface area contributed by atoms with Gasteiger partial charge < -0.3 is 10.6 Å². The smallest absolute Gasteiger partial charge is 0.175 e. The van der Waals surface area contributed by atoms with E-state index in [0.717, 1.165) is 11.4 Å². The third-order valence-corrected chi connectivity index (χ3v) is 4.55. The van der Waals surface area contributed by atoms with Crippen molar-refractivity contribution in [1.82, 2.24) is 0 Å². The highest BCUT2D eigenvalue weighted by atomic mass is 127. The average molecular weight is 396 g/mol. The zero-order chi connectivity index (χ0) is 14.7. The average Bonchev–Trinajstić information content (AvgIpc) is 2.38. The number of halogens is 1. The van der Waals surface area contributed by atoms with Gasteiger partial charge in [0, 0.05) is 14.9 Å². The molecule has 0 saturated carbocycles. The van der Waals surface area contributed by atoms with Gasteiger partial charge in [0.1, 0.15) is 0 Å². The molecule has 0 radical (unpaired) electrons. The molecule has 0 bridgehead atoms. The van der Waals surface area contributed by atoms with E-state index in [1.165, 1.54) is 20.3 Å². The van der Waals surface area contributed by atoms with Crippen molar-refractivity contribution in [2.45, 2.75) is 20.8 Å². The van der Waals surface area contributed by atoms with Crippen molar-refractivity contribution in [2.24, 2.45) is 0 Å². The lowest BCUT2D eigenvalue weighted by Gasteiger charge is -2.15. The van der Waals surface area contributed by atoms with Gasteiger partial charge in [-0.3, -0.25) is 0 Å². The van der Waals surface area contributed by atoms with Gasteiger partial charge in [-0.25, -0.2) is 0 Å². The summed E-state index contributed by atoms with van der Waals surface area (Å²) in [5.41, 5.74) is 5.70. The zero-order valence-corrected chi connectivity index (χ0v) is 14.7. The Kier molecular flexibility index (Phi) is 4.99. The molecule has 0 unspecified atom stereocenters. The maximum atomic E-state index is 5.39. The van der Waals surface area contributed by atoms with E-state index in [2.05, 4.69) is 84.3 Å². The molecule has 0 aliphatic rings. The summed E-state index contributed by atoms with van der Waals surface area (Å²) in [6.45, 7) is 6.24. The topological polar surface area (TPSA) is 24.1 Å². The van der Waals surface area contributed by atoms with Crippen molar-refractivity contribution in [3.63, 3.8) is 0 Å². The fourth-order valence-corrected chi connectivity index (χ4v) is 2.57. The van der Waals surface area contributed by atoms with Crippen LogP contribution in [-0.4, -0.2) is 5.11 Å². The van der Waals surface area contributed by atoms with Gasteiger partial charge in [0.2, 0.25) is 0 Å². The summed E-state index contributed by atoms with van der Waals surface area (Å²) in [5, 5.41) is 7.12. The molecule has 2 rings (SSSR count). The Morgan fingerprint density at radius 3 is 2.20 bits per heavy atom. The molecule has 104 valence electrons. The van der Waals surface area contributed by atoms with Crippen molar-refractivity contribution < 1.29 is 0 Å². The monoisotopic (exact) mass is 396 g/mol. The van der Waals surface area contributed by atoms with Crippen LogP contribution < -0.4 is 10.6 Å². The van der Waals surface area contributed by atoms with Crippen LogP contribution in [0.5, 0.6) is 0 Å². The molecule has 0 saturated heterocycles. The molecule has 0 amide bonds. The second-order valence-corrected chi connectivity index (χ2v) is 6.38. The van der Waals surface area contributed by atoms with Gasteiger partial charge in [-0.2, -0.15) is 0 Å². The first kappa shape index (κ1) is 15.3. The Morgan fingerprint density at radius 1 is 0.950 bits per heavy atom. The lowest BCUT2D eigenvalue weighted by Crippen LogP contribution is -2.20. The van der Waals surface area contributed by atoms with Crippen molar-refractivity contribution in [2.75, 3.05) is 10.6 Å². The lowest BCUT2D eigenvalue weighted by molar-refractivity contribution is 1.37. The van der Waals surface area contributed by atoms with E-state index in [1.807, 2.05) is 6.07 Å². The Labute approximate surface area is 139 Å². The van der Waals surface area contributed by atoms with Crippen molar-refractivity contribution in [3.05, 3.63) is 56.7 Å². The van der Waals surface area contributed by atoms with Gasteiger partial charge in [-0.1, -0.05) is 18.2 Å². The Morgan fingerprint density at radius 2 is 1.60 bits per heavy atom.